The molecule has 7 nitrogen and oxygen atoms in total. The smallest absolute Gasteiger partial charge is 0.406 e. The second kappa shape index (κ2) is 9.79. The molecule has 0 radical (unpaired) electrons. The van der Waals surface area contributed by atoms with E-state index in [0.717, 1.165) is 31.6 Å². The Morgan fingerprint density at radius 1 is 1.00 bits per heavy atom. The lowest BCUT2D eigenvalue weighted by Crippen LogP contribution is -2.46. The zero-order valence-electron chi connectivity index (χ0n) is 19.3. The first-order chi connectivity index (χ1) is 15.3. The van der Waals surface area contributed by atoms with E-state index in [-0.39, 0.29) is 35.3 Å². The van der Waals surface area contributed by atoms with Gasteiger partial charge in [0.1, 0.15) is 5.75 Å². The summed E-state index contributed by atoms with van der Waals surface area (Å²) in [6.07, 6.45) is -3.24. The lowest BCUT2D eigenvalue weighted by Gasteiger charge is -2.35. The van der Waals surface area contributed by atoms with Crippen molar-refractivity contribution >= 4 is 15.9 Å². The summed E-state index contributed by atoms with van der Waals surface area (Å²) in [5.74, 6) is -0.778. The monoisotopic (exact) mass is 491 g/mol. The Kier molecular flexibility index (Phi) is 7.65. The number of carbonyl (C=O) groups excluding carboxylic acids is 1. The summed E-state index contributed by atoms with van der Waals surface area (Å²) in [4.78, 5) is 17.1. The van der Waals surface area contributed by atoms with E-state index in [2.05, 4.69) is 30.4 Å². The number of piperidine rings is 1. The summed E-state index contributed by atoms with van der Waals surface area (Å²) in [5, 5.41) is 0. The Morgan fingerprint density at radius 3 is 2.27 bits per heavy atom. The van der Waals surface area contributed by atoms with Crippen molar-refractivity contribution in [3.05, 3.63) is 24.3 Å². The van der Waals surface area contributed by atoms with Crippen LogP contribution in [0.25, 0.3) is 0 Å². The van der Waals surface area contributed by atoms with Gasteiger partial charge in [0.05, 0.1) is 4.90 Å². The van der Waals surface area contributed by atoms with Crippen LogP contribution in [-0.2, 0) is 14.8 Å². The van der Waals surface area contributed by atoms with Crippen LogP contribution in [0.5, 0.6) is 5.75 Å². The molecule has 1 aromatic rings. The first-order valence-corrected chi connectivity index (χ1v) is 12.6. The molecule has 2 aliphatic heterocycles. The van der Waals surface area contributed by atoms with Crippen molar-refractivity contribution in [2.75, 3.05) is 39.3 Å². The Labute approximate surface area is 193 Å². The van der Waals surface area contributed by atoms with Crippen LogP contribution in [0.3, 0.4) is 0 Å². The van der Waals surface area contributed by atoms with Gasteiger partial charge in [0.15, 0.2) is 0 Å². The van der Waals surface area contributed by atoms with Crippen molar-refractivity contribution in [2.24, 2.45) is 5.92 Å². The van der Waals surface area contributed by atoms with Gasteiger partial charge >= 0.3 is 6.36 Å². The molecular formula is C22H32F3N3O4S. The third-order valence-electron chi connectivity index (χ3n) is 6.24. The van der Waals surface area contributed by atoms with E-state index < -0.39 is 22.1 Å². The van der Waals surface area contributed by atoms with Gasteiger partial charge in [-0.2, -0.15) is 4.31 Å². The van der Waals surface area contributed by atoms with Gasteiger partial charge in [-0.05, 0) is 52.2 Å². The van der Waals surface area contributed by atoms with Gasteiger partial charge in [0, 0.05) is 56.8 Å². The van der Waals surface area contributed by atoms with Crippen molar-refractivity contribution in [3.63, 3.8) is 0 Å². The maximum Gasteiger partial charge on any atom is 0.573 e. The minimum absolute atomic E-state index is 0.0429. The summed E-state index contributed by atoms with van der Waals surface area (Å²) < 4.78 is 68.4. The van der Waals surface area contributed by atoms with E-state index >= 15 is 0 Å². The molecule has 0 unspecified atom stereocenters. The fourth-order valence-electron chi connectivity index (χ4n) is 4.39. The van der Waals surface area contributed by atoms with Crippen LogP contribution in [0.2, 0.25) is 0 Å². The van der Waals surface area contributed by atoms with Gasteiger partial charge in [0.2, 0.25) is 15.9 Å². The van der Waals surface area contributed by atoms with E-state index in [1.165, 1.54) is 16.4 Å². The standard InChI is InChI=1S/C22H32F3N3O4S/c1-21(2,3)27-11-5-10-26(14-15-27)20(29)17-8-12-28(13-9-17)33(30,31)19-7-4-6-18(16-19)32-22(23,24)25/h4,6-7,16-17H,5,8-15H2,1-3H3. The van der Waals surface area contributed by atoms with E-state index in [4.69, 9.17) is 0 Å². The molecule has 186 valence electrons. The molecule has 0 atom stereocenters. The highest BCUT2D eigenvalue weighted by atomic mass is 32.2. The van der Waals surface area contributed by atoms with Crippen molar-refractivity contribution in [2.45, 2.75) is 56.8 Å². The predicted octanol–water partition coefficient (Wildman–Crippen LogP) is 3.32. The molecule has 2 saturated heterocycles. The molecule has 1 amide bonds. The third-order valence-corrected chi connectivity index (χ3v) is 8.13. The van der Waals surface area contributed by atoms with Gasteiger partial charge in [-0.15, -0.1) is 13.2 Å². The highest BCUT2D eigenvalue weighted by Gasteiger charge is 2.36. The molecule has 0 aromatic heterocycles. The fourth-order valence-corrected chi connectivity index (χ4v) is 5.90. The van der Waals surface area contributed by atoms with Crippen LogP contribution in [0.4, 0.5) is 13.2 Å². The molecule has 2 heterocycles. The molecule has 0 N–H and O–H groups in total. The number of ether oxygens (including phenoxy) is 1. The molecule has 33 heavy (non-hydrogen) atoms. The number of hydrogen-bond donors (Lipinski definition) is 0. The SMILES string of the molecule is CC(C)(C)N1CCCN(C(=O)C2CCN(S(=O)(=O)c3cccc(OC(F)(F)F)c3)CC2)CC1. The number of halogens is 3. The van der Waals surface area contributed by atoms with Crippen molar-refractivity contribution in [1.29, 1.82) is 0 Å². The van der Waals surface area contributed by atoms with Crippen LogP contribution in [-0.4, -0.2) is 79.6 Å². The lowest BCUT2D eigenvalue weighted by molar-refractivity contribution is -0.274. The summed E-state index contributed by atoms with van der Waals surface area (Å²) in [5.41, 5.74) is 0.0429. The largest absolute Gasteiger partial charge is 0.573 e. The molecule has 0 saturated carbocycles. The summed E-state index contributed by atoms with van der Waals surface area (Å²) in [7, 11) is -3.99. The second-order valence-corrected chi connectivity index (χ2v) is 11.5. The maximum absolute atomic E-state index is 13.1. The Morgan fingerprint density at radius 2 is 1.67 bits per heavy atom. The zero-order valence-corrected chi connectivity index (χ0v) is 20.1. The molecule has 0 spiro atoms. The van der Waals surface area contributed by atoms with E-state index in [0.29, 0.717) is 25.9 Å². The Balaban J connectivity index is 1.60. The van der Waals surface area contributed by atoms with Crippen LogP contribution < -0.4 is 4.74 Å². The average molecular weight is 492 g/mol. The minimum Gasteiger partial charge on any atom is -0.406 e. The number of alkyl halides is 3. The minimum atomic E-state index is -4.90. The normalized spacial score (nSPS) is 20.5. The number of nitrogens with zero attached hydrogens (tertiary/aromatic N) is 3. The molecule has 0 bridgehead atoms. The number of amides is 1. The zero-order chi connectivity index (χ0) is 24.4. The molecule has 11 heteroatoms. The van der Waals surface area contributed by atoms with Crippen molar-refractivity contribution in [3.8, 4) is 5.75 Å². The van der Waals surface area contributed by atoms with E-state index in [9.17, 15) is 26.4 Å². The predicted molar refractivity (Wildman–Crippen MR) is 117 cm³/mol. The summed E-state index contributed by atoms with van der Waals surface area (Å²) >= 11 is 0. The molecular weight excluding hydrogens is 459 g/mol. The second-order valence-electron chi connectivity index (χ2n) is 9.54. The number of sulfonamides is 1. The maximum atomic E-state index is 13.1. The summed E-state index contributed by atoms with van der Waals surface area (Å²) in [6.45, 7) is 9.84. The molecule has 2 fully saturated rings. The van der Waals surface area contributed by atoms with Gasteiger partial charge < -0.3 is 9.64 Å². The quantitative estimate of drug-likeness (QED) is 0.646. The highest BCUT2D eigenvalue weighted by molar-refractivity contribution is 7.89. The molecule has 1 aromatic carbocycles. The van der Waals surface area contributed by atoms with Crippen LogP contribution in [0.1, 0.15) is 40.0 Å². The van der Waals surface area contributed by atoms with Gasteiger partial charge in [-0.3, -0.25) is 9.69 Å². The van der Waals surface area contributed by atoms with Crippen LogP contribution in [0, 0.1) is 5.92 Å². The molecule has 2 aliphatic rings. The van der Waals surface area contributed by atoms with Crippen LogP contribution >= 0.6 is 0 Å². The fraction of sp³-hybridized carbons (Fsp3) is 0.682. The molecule has 0 aliphatic carbocycles. The van der Waals surface area contributed by atoms with E-state index in [1.807, 2.05) is 4.90 Å². The first-order valence-electron chi connectivity index (χ1n) is 11.2. The lowest BCUT2D eigenvalue weighted by atomic mass is 9.96. The first kappa shape index (κ1) is 25.8. The Bertz CT molecular complexity index is 939. The number of benzene rings is 1. The summed E-state index contributed by atoms with van der Waals surface area (Å²) in [6, 6.07) is 4.39. The number of rotatable bonds is 4. The molecule has 3 rings (SSSR count). The van der Waals surface area contributed by atoms with Crippen molar-refractivity contribution < 1.29 is 31.1 Å². The topological polar surface area (TPSA) is 70.2 Å². The van der Waals surface area contributed by atoms with Gasteiger partial charge in [-0.1, -0.05) is 6.07 Å². The van der Waals surface area contributed by atoms with Gasteiger partial charge in [0.25, 0.3) is 0 Å². The van der Waals surface area contributed by atoms with Gasteiger partial charge in [-0.25, -0.2) is 8.42 Å². The highest BCUT2D eigenvalue weighted by Crippen LogP contribution is 2.29. The van der Waals surface area contributed by atoms with Crippen LogP contribution in [0.15, 0.2) is 29.2 Å². The van der Waals surface area contributed by atoms with E-state index in [1.54, 1.807) is 0 Å². The third kappa shape index (κ3) is 6.60. The Hall–Kier alpha value is -1.85. The average Bonchev–Trinajstić information content (AvgIpc) is 2.99. The number of carbonyl (C=O) groups is 1. The number of hydrogen-bond acceptors (Lipinski definition) is 5. The van der Waals surface area contributed by atoms with Crippen molar-refractivity contribution in [1.82, 2.24) is 14.1 Å².